The van der Waals surface area contributed by atoms with Gasteiger partial charge in [-0.25, -0.2) is 5.48 Å². The Hall–Kier alpha value is -1.82. The van der Waals surface area contributed by atoms with E-state index in [1.165, 1.54) is 13.0 Å². The first-order valence-corrected chi connectivity index (χ1v) is 7.16. The highest BCUT2D eigenvalue weighted by atomic mass is 19.4. The van der Waals surface area contributed by atoms with E-state index in [-0.39, 0.29) is 12.2 Å². The molecule has 0 unspecified atom stereocenters. The number of halogens is 3. The molecule has 0 aliphatic heterocycles. The van der Waals surface area contributed by atoms with Crippen molar-refractivity contribution in [2.45, 2.75) is 45.4 Å². The summed E-state index contributed by atoms with van der Waals surface area (Å²) >= 11 is 0. The molecule has 0 bridgehead atoms. The fourth-order valence-electron chi connectivity index (χ4n) is 2.50. The van der Waals surface area contributed by atoms with Gasteiger partial charge in [0.05, 0.1) is 12.2 Å². The Labute approximate surface area is 127 Å². The van der Waals surface area contributed by atoms with Gasteiger partial charge in [0.25, 0.3) is 0 Å². The number of alkyl halides is 3. The summed E-state index contributed by atoms with van der Waals surface area (Å²) in [7, 11) is 0. The van der Waals surface area contributed by atoms with Gasteiger partial charge in [-0.15, -0.1) is 0 Å². The average Bonchev–Trinajstić information content (AvgIpc) is 2.47. The lowest BCUT2D eigenvalue weighted by Gasteiger charge is -2.19. The molecule has 1 aliphatic carbocycles. The fraction of sp³-hybridized carbons (Fsp3) is 0.438. The minimum Gasteiger partial charge on any atom is -0.273 e. The van der Waals surface area contributed by atoms with Crippen molar-refractivity contribution in [3.05, 3.63) is 41.0 Å². The van der Waals surface area contributed by atoms with Gasteiger partial charge in [0.15, 0.2) is 0 Å². The lowest BCUT2D eigenvalue weighted by atomic mass is 9.90. The average molecular weight is 313 g/mol. The van der Waals surface area contributed by atoms with Gasteiger partial charge in [-0.2, -0.15) is 13.2 Å². The zero-order valence-corrected chi connectivity index (χ0v) is 12.3. The molecule has 1 N–H and O–H groups in total. The Morgan fingerprint density at radius 1 is 1.32 bits per heavy atom. The number of amides is 1. The monoisotopic (exact) mass is 313 g/mol. The molecule has 1 aliphatic rings. The highest BCUT2D eigenvalue weighted by molar-refractivity contribution is 5.71. The molecular formula is C16H18F3NO2. The number of carbonyl (C=O) groups excluding carboxylic acids is 1. The lowest BCUT2D eigenvalue weighted by Crippen LogP contribution is -2.20. The topological polar surface area (TPSA) is 38.3 Å². The van der Waals surface area contributed by atoms with Crippen LogP contribution in [0.1, 0.15) is 49.3 Å². The van der Waals surface area contributed by atoms with Gasteiger partial charge in [0.2, 0.25) is 5.91 Å². The maximum Gasteiger partial charge on any atom is 0.417 e. The number of nitrogens with one attached hydrogen (secondary N) is 1. The summed E-state index contributed by atoms with van der Waals surface area (Å²) in [6.07, 6.45) is 0.897. The largest absolute Gasteiger partial charge is 0.417 e. The molecule has 0 spiro atoms. The van der Waals surface area contributed by atoms with Gasteiger partial charge in [-0.3, -0.25) is 9.63 Å². The van der Waals surface area contributed by atoms with Crippen molar-refractivity contribution in [1.29, 1.82) is 0 Å². The van der Waals surface area contributed by atoms with Crippen LogP contribution in [0.4, 0.5) is 13.2 Å². The molecule has 0 saturated heterocycles. The molecule has 0 aromatic heterocycles. The van der Waals surface area contributed by atoms with E-state index in [2.05, 4.69) is 5.48 Å². The van der Waals surface area contributed by atoms with Gasteiger partial charge in [0, 0.05) is 6.92 Å². The summed E-state index contributed by atoms with van der Waals surface area (Å²) in [5.41, 5.74) is 2.82. The second-order valence-electron chi connectivity index (χ2n) is 5.30. The van der Waals surface area contributed by atoms with Crippen LogP contribution in [0.2, 0.25) is 0 Å². The molecule has 1 aromatic carbocycles. The molecule has 0 saturated carbocycles. The number of hydroxylamine groups is 1. The number of rotatable bonds is 4. The molecule has 3 nitrogen and oxygen atoms in total. The first-order chi connectivity index (χ1) is 10.4. The highest BCUT2D eigenvalue weighted by Crippen LogP contribution is 2.38. The molecule has 0 fully saturated rings. The molecule has 1 aromatic rings. The summed E-state index contributed by atoms with van der Waals surface area (Å²) in [4.78, 5) is 15.5. The van der Waals surface area contributed by atoms with Crippen LogP contribution >= 0.6 is 0 Å². The van der Waals surface area contributed by atoms with Gasteiger partial charge in [-0.05, 0) is 48.4 Å². The van der Waals surface area contributed by atoms with Crippen LogP contribution in [-0.4, -0.2) is 5.91 Å². The molecule has 6 heteroatoms. The van der Waals surface area contributed by atoms with Crippen LogP contribution < -0.4 is 5.48 Å². The Morgan fingerprint density at radius 2 is 2.09 bits per heavy atom. The SMILES string of the molecule is CC(=O)NOCc1ccc(C2=CCCCC2)c(C(F)(F)F)c1. The quantitative estimate of drug-likeness (QED) is 0.845. The molecule has 0 radical (unpaired) electrons. The minimum absolute atomic E-state index is 0.109. The molecule has 0 atom stereocenters. The third-order valence-corrected chi connectivity index (χ3v) is 3.48. The zero-order valence-electron chi connectivity index (χ0n) is 12.3. The number of hydrogen-bond donors (Lipinski definition) is 1. The van der Waals surface area contributed by atoms with E-state index >= 15 is 0 Å². The highest BCUT2D eigenvalue weighted by Gasteiger charge is 2.34. The predicted molar refractivity (Wildman–Crippen MR) is 76.5 cm³/mol. The van der Waals surface area contributed by atoms with Crippen molar-refractivity contribution < 1.29 is 22.8 Å². The van der Waals surface area contributed by atoms with E-state index in [1.807, 2.05) is 6.08 Å². The molecular weight excluding hydrogens is 295 g/mol. The van der Waals surface area contributed by atoms with E-state index in [0.29, 0.717) is 12.0 Å². The third kappa shape index (κ3) is 4.34. The first-order valence-electron chi connectivity index (χ1n) is 7.16. The third-order valence-electron chi connectivity index (χ3n) is 3.48. The van der Waals surface area contributed by atoms with Crippen molar-refractivity contribution >= 4 is 11.5 Å². The number of allylic oxidation sites excluding steroid dienone is 2. The number of carbonyl (C=O) groups is 1. The molecule has 1 amide bonds. The Kier molecular flexibility index (Phi) is 5.24. The molecule has 0 heterocycles. The maximum absolute atomic E-state index is 13.3. The second kappa shape index (κ2) is 6.96. The standard InChI is InChI=1S/C16H18F3NO2/c1-11(21)20-22-10-12-7-8-14(13-5-3-2-4-6-13)15(9-12)16(17,18)19/h5,7-9H,2-4,6,10H2,1H3,(H,20,21). The van der Waals surface area contributed by atoms with Crippen molar-refractivity contribution in [1.82, 2.24) is 5.48 Å². The first kappa shape index (κ1) is 16.5. The molecule has 120 valence electrons. The van der Waals surface area contributed by atoms with Gasteiger partial charge >= 0.3 is 6.18 Å². The van der Waals surface area contributed by atoms with Crippen molar-refractivity contribution in [2.75, 3.05) is 0 Å². The van der Waals surface area contributed by atoms with Crippen LogP contribution in [0.15, 0.2) is 24.3 Å². The molecule has 2 rings (SSSR count). The minimum atomic E-state index is -4.42. The Balaban J connectivity index is 2.27. The van der Waals surface area contributed by atoms with Crippen LogP contribution in [0.25, 0.3) is 5.57 Å². The van der Waals surface area contributed by atoms with Crippen molar-refractivity contribution in [3.63, 3.8) is 0 Å². The van der Waals surface area contributed by atoms with Gasteiger partial charge in [0.1, 0.15) is 0 Å². The lowest BCUT2D eigenvalue weighted by molar-refractivity contribution is -0.138. The van der Waals surface area contributed by atoms with Crippen LogP contribution in [0.5, 0.6) is 0 Å². The number of hydrogen-bond acceptors (Lipinski definition) is 2. The maximum atomic E-state index is 13.3. The molecule has 22 heavy (non-hydrogen) atoms. The van der Waals surface area contributed by atoms with E-state index in [9.17, 15) is 18.0 Å². The fourth-order valence-corrected chi connectivity index (χ4v) is 2.50. The van der Waals surface area contributed by atoms with Crippen molar-refractivity contribution in [3.8, 4) is 0 Å². The summed E-state index contributed by atoms with van der Waals surface area (Å²) in [5.74, 6) is -0.403. The van der Waals surface area contributed by atoms with Crippen LogP contribution in [0.3, 0.4) is 0 Å². The number of benzene rings is 1. The van der Waals surface area contributed by atoms with Crippen LogP contribution in [-0.2, 0) is 22.4 Å². The Morgan fingerprint density at radius 3 is 2.68 bits per heavy atom. The van der Waals surface area contributed by atoms with E-state index in [4.69, 9.17) is 4.84 Å². The Bertz CT molecular complexity index is 579. The van der Waals surface area contributed by atoms with Crippen molar-refractivity contribution in [2.24, 2.45) is 0 Å². The van der Waals surface area contributed by atoms with E-state index in [0.717, 1.165) is 30.9 Å². The summed E-state index contributed by atoms with van der Waals surface area (Å²) in [6, 6.07) is 4.18. The van der Waals surface area contributed by atoms with Gasteiger partial charge in [-0.1, -0.05) is 18.2 Å². The van der Waals surface area contributed by atoms with Gasteiger partial charge < -0.3 is 0 Å². The van der Waals surface area contributed by atoms with E-state index in [1.54, 1.807) is 6.07 Å². The normalized spacial score (nSPS) is 15.4. The summed E-state index contributed by atoms with van der Waals surface area (Å²) in [6.45, 7) is 1.15. The second-order valence-corrected chi connectivity index (χ2v) is 5.30. The summed E-state index contributed by atoms with van der Waals surface area (Å²) < 4.78 is 39.9. The predicted octanol–water partition coefficient (Wildman–Crippen LogP) is 4.23. The van der Waals surface area contributed by atoms with Crippen LogP contribution in [0, 0.1) is 0 Å². The smallest absolute Gasteiger partial charge is 0.273 e. The van der Waals surface area contributed by atoms with E-state index < -0.39 is 17.6 Å². The summed E-state index contributed by atoms with van der Waals surface area (Å²) in [5, 5.41) is 0. The zero-order chi connectivity index (χ0) is 16.2.